The molecule has 0 radical (unpaired) electrons. The van der Waals surface area contributed by atoms with E-state index in [-0.39, 0.29) is 0 Å². The van der Waals surface area contributed by atoms with Gasteiger partial charge in [-0.25, -0.2) is 0 Å². The van der Waals surface area contributed by atoms with Gasteiger partial charge in [0, 0.05) is 30.8 Å². The van der Waals surface area contributed by atoms with Crippen molar-refractivity contribution in [2.45, 2.75) is 38.6 Å². The number of ketones is 1. The average Bonchev–Trinajstić information content (AvgIpc) is 2.58. The molecule has 0 saturated carbocycles. The smallest absolute Gasteiger partial charge is 0.157 e. The van der Waals surface area contributed by atoms with Crippen LogP contribution in [-0.2, 0) is 4.79 Å². The molecule has 0 spiro atoms. The molecular weight excluding hydrogens is 150 g/mol. The molecule has 0 N–H and O–H groups in total. The fraction of sp³-hybridized carbons (Fsp3) is 0.700. The van der Waals surface area contributed by atoms with Gasteiger partial charge < -0.3 is 4.90 Å². The standard InChI is InChI=1S/C10H15NO/c1-8-3-2-6-11(8)9-4-5-10(12)7-9/h7-8H,2-6H2,1H3. The van der Waals surface area contributed by atoms with Gasteiger partial charge in [-0.05, 0) is 26.2 Å². The molecule has 0 aromatic heterocycles. The molecule has 2 aliphatic rings. The van der Waals surface area contributed by atoms with Crippen LogP contribution in [0.25, 0.3) is 0 Å². The molecule has 2 nitrogen and oxygen atoms in total. The summed E-state index contributed by atoms with van der Waals surface area (Å²) in [5.41, 5.74) is 1.28. The number of hydrogen-bond acceptors (Lipinski definition) is 2. The van der Waals surface area contributed by atoms with E-state index in [1.807, 2.05) is 6.08 Å². The minimum atomic E-state index is 0.309. The van der Waals surface area contributed by atoms with Crippen molar-refractivity contribution in [1.82, 2.24) is 4.90 Å². The van der Waals surface area contributed by atoms with Gasteiger partial charge in [0.05, 0.1) is 0 Å². The second-order valence-corrected chi connectivity index (χ2v) is 3.79. The molecule has 1 aliphatic carbocycles. The van der Waals surface area contributed by atoms with Crippen molar-refractivity contribution >= 4 is 5.78 Å². The number of allylic oxidation sites excluding steroid dienone is 2. The number of rotatable bonds is 1. The molecule has 12 heavy (non-hydrogen) atoms. The van der Waals surface area contributed by atoms with E-state index in [9.17, 15) is 4.79 Å². The molecule has 1 unspecified atom stereocenters. The predicted molar refractivity (Wildman–Crippen MR) is 47.7 cm³/mol. The van der Waals surface area contributed by atoms with Crippen LogP contribution < -0.4 is 0 Å². The van der Waals surface area contributed by atoms with Crippen molar-refractivity contribution < 1.29 is 4.79 Å². The van der Waals surface area contributed by atoms with Gasteiger partial charge in [-0.3, -0.25) is 4.79 Å². The van der Waals surface area contributed by atoms with Crippen LogP contribution in [0.5, 0.6) is 0 Å². The summed E-state index contributed by atoms with van der Waals surface area (Å²) in [6, 6.07) is 0.655. The lowest BCUT2D eigenvalue weighted by Crippen LogP contribution is -2.25. The van der Waals surface area contributed by atoms with Gasteiger partial charge in [-0.15, -0.1) is 0 Å². The highest BCUT2D eigenvalue weighted by molar-refractivity contribution is 5.92. The fourth-order valence-corrected chi connectivity index (χ4v) is 2.17. The number of likely N-dealkylation sites (tertiary alicyclic amines) is 1. The first-order valence-corrected chi connectivity index (χ1v) is 4.77. The van der Waals surface area contributed by atoms with Gasteiger partial charge in [-0.1, -0.05) is 0 Å². The fourth-order valence-electron chi connectivity index (χ4n) is 2.17. The van der Waals surface area contributed by atoms with E-state index >= 15 is 0 Å². The van der Waals surface area contributed by atoms with Gasteiger partial charge >= 0.3 is 0 Å². The maximum absolute atomic E-state index is 11.0. The maximum atomic E-state index is 11.0. The van der Waals surface area contributed by atoms with Gasteiger partial charge in [0.1, 0.15) is 0 Å². The van der Waals surface area contributed by atoms with Crippen molar-refractivity contribution in [3.63, 3.8) is 0 Å². The zero-order chi connectivity index (χ0) is 8.55. The highest BCUT2D eigenvalue weighted by Gasteiger charge is 2.25. The molecule has 66 valence electrons. The summed E-state index contributed by atoms with van der Waals surface area (Å²) < 4.78 is 0. The molecule has 1 fully saturated rings. The largest absolute Gasteiger partial charge is 0.372 e. The Bertz CT molecular complexity index is 232. The normalized spacial score (nSPS) is 29.8. The van der Waals surface area contributed by atoms with E-state index in [1.54, 1.807) is 0 Å². The number of carbonyl (C=O) groups is 1. The highest BCUT2D eigenvalue weighted by atomic mass is 16.1. The molecule has 0 amide bonds. The van der Waals surface area contributed by atoms with E-state index in [1.165, 1.54) is 18.5 Å². The Balaban J connectivity index is 2.09. The summed E-state index contributed by atoms with van der Waals surface area (Å²) in [6.07, 6.45) is 6.11. The zero-order valence-corrected chi connectivity index (χ0v) is 7.55. The maximum Gasteiger partial charge on any atom is 0.157 e. The Hall–Kier alpha value is -0.790. The summed E-state index contributed by atoms with van der Waals surface area (Å²) >= 11 is 0. The molecular formula is C10H15NO. The van der Waals surface area contributed by atoms with Gasteiger partial charge in [0.2, 0.25) is 0 Å². The molecule has 1 aliphatic heterocycles. The third-order valence-corrected chi connectivity index (χ3v) is 2.88. The minimum Gasteiger partial charge on any atom is -0.372 e. The Kier molecular flexibility index (Phi) is 1.91. The molecule has 2 rings (SSSR count). The van der Waals surface area contributed by atoms with Crippen LogP contribution in [0.15, 0.2) is 11.8 Å². The SMILES string of the molecule is CC1CCCN1C1=CC(=O)CC1. The van der Waals surface area contributed by atoms with Crippen molar-refractivity contribution in [2.24, 2.45) is 0 Å². The Morgan fingerprint density at radius 1 is 1.50 bits per heavy atom. The van der Waals surface area contributed by atoms with Crippen LogP contribution in [-0.4, -0.2) is 23.3 Å². The Morgan fingerprint density at radius 3 is 2.83 bits per heavy atom. The Morgan fingerprint density at radius 2 is 2.33 bits per heavy atom. The summed E-state index contributed by atoms with van der Waals surface area (Å²) in [5, 5.41) is 0. The third kappa shape index (κ3) is 1.26. The highest BCUT2D eigenvalue weighted by Crippen LogP contribution is 2.27. The first kappa shape index (κ1) is 7.84. The second kappa shape index (κ2) is 2.92. The first-order valence-electron chi connectivity index (χ1n) is 4.77. The van der Waals surface area contributed by atoms with E-state index in [0.29, 0.717) is 11.8 Å². The van der Waals surface area contributed by atoms with E-state index in [2.05, 4.69) is 11.8 Å². The lowest BCUT2D eigenvalue weighted by Gasteiger charge is -2.24. The van der Waals surface area contributed by atoms with E-state index < -0.39 is 0 Å². The lowest BCUT2D eigenvalue weighted by atomic mass is 10.2. The molecule has 0 aromatic rings. The molecule has 1 atom stereocenters. The zero-order valence-electron chi connectivity index (χ0n) is 7.55. The van der Waals surface area contributed by atoms with Crippen molar-refractivity contribution in [2.75, 3.05) is 6.54 Å². The third-order valence-electron chi connectivity index (χ3n) is 2.88. The monoisotopic (exact) mass is 165 g/mol. The predicted octanol–water partition coefficient (Wildman–Crippen LogP) is 1.72. The molecule has 0 aromatic carbocycles. The molecule has 2 heteroatoms. The lowest BCUT2D eigenvalue weighted by molar-refractivity contribution is -0.114. The second-order valence-electron chi connectivity index (χ2n) is 3.79. The van der Waals surface area contributed by atoms with Crippen LogP contribution in [0.1, 0.15) is 32.6 Å². The van der Waals surface area contributed by atoms with Crippen LogP contribution in [0.3, 0.4) is 0 Å². The minimum absolute atomic E-state index is 0.309. The van der Waals surface area contributed by atoms with E-state index in [0.717, 1.165) is 19.4 Å². The summed E-state index contributed by atoms with van der Waals surface area (Å²) in [4.78, 5) is 13.4. The van der Waals surface area contributed by atoms with Crippen LogP contribution >= 0.6 is 0 Å². The summed E-state index contributed by atoms with van der Waals surface area (Å²) in [6.45, 7) is 3.40. The summed E-state index contributed by atoms with van der Waals surface area (Å²) in [5.74, 6) is 0.309. The summed E-state index contributed by atoms with van der Waals surface area (Å²) in [7, 11) is 0. The molecule has 1 heterocycles. The number of nitrogens with zero attached hydrogens (tertiary/aromatic N) is 1. The van der Waals surface area contributed by atoms with Gasteiger partial charge in [-0.2, -0.15) is 0 Å². The quantitative estimate of drug-likeness (QED) is 0.589. The molecule has 0 bridgehead atoms. The first-order chi connectivity index (χ1) is 5.77. The van der Waals surface area contributed by atoms with Crippen LogP contribution in [0.2, 0.25) is 0 Å². The van der Waals surface area contributed by atoms with Crippen molar-refractivity contribution in [3.8, 4) is 0 Å². The van der Waals surface area contributed by atoms with E-state index in [4.69, 9.17) is 0 Å². The van der Waals surface area contributed by atoms with Crippen molar-refractivity contribution in [3.05, 3.63) is 11.8 Å². The topological polar surface area (TPSA) is 20.3 Å². The Labute approximate surface area is 73.2 Å². The number of hydrogen-bond donors (Lipinski definition) is 0. The van der Waals surface area contributed by atoms with Gasteiger partial charge in [0.25, 0.3) is 0 Å². The number of carbonyl (C=O) groups excluding carboxylic acids is 1. The average molecular weight is 165 g/mol. The molecule has 1 saturated heterocycles. The van der Waals surface area contributed by atoms with Crippen molar-refractivity contribution in [1.29, 1.82) is 0 Å². The van der Waals surface area contributed by atoms with Crippen LogP contribution in [0.4, 0.5) is 0 Å². The van der Waals surface area contributed by atoms with Gasteiger partial charge in [0.15, 0.2) is 5.78 Å². The van der Waals surface area contributed by atoms with Crippen LogP contribution in [0, 0.1) is 0 Å².